The molecule has 4 heterocycles. The number of nitrogens with zero attached hydrogens (tertiary/aromatic N) is 3. The number of alkyl halides is 3. The summed E-state index contributed by atoms with van der Waals surface area (Å²) >= 11 is 6.83. The average Bonchev–Trinajstić information content (AvgIpc) is 1.60. The second-order valence-electron chi connectivity index (χ2n) is 24.3. The number of esters is 2. The molecule has 0 unspecified atom stereocenters. The molecule has 0 aliphatic carbocycles. The van der Waals surface area contributed by atoms with Gasteiger partial charge in [-0.25, -0.2) is 9.59 Å². The predicted molar refractivity (Wildman–Crippen MR) is 321 cm³/mol. The molecule has 2 aromatic rings. The number of amides is 7. The lowest BCUT2D eigenvalue weighted by molar-refractivity contribution is -0.187. The maximum absolute atomic E-state index is 15.1. The Morgan fingerprint density at radius 2 is 1.67 bits per heavy atom. The first-order valence-corrected chi connectivity index (χ1v) is 30.2. The number of nitrogens with two attached hydrogens (primary N) is 1. The average molecular weight is 1270 g/mol. The fourth-order valence-corrected chi connectivity index (χ4v) is 11.9. The van der Waals surface area contributed by atoms with Crippen molar-refractivity contribution in [3.8, 4) is 0 Å². The summed E-state index contributed by atoms with van der Waals surface area (Å²) in [4.78, 5) is 136. The number of nitrogens with one attached hydrogen (secondary N) is 2. The van der Waals surface area contributed by atoms with Gasteiger partial charge >= 0.3 is 24.1 Å². The molecule has 7 amide bonds. The first-order valence-electron chi connectivity index (χ1n) is 29.8. The Hall–Kier alpha value is -7.28. The van der Waals surface area contributed by atoms with E-state index in [1.165, 1.54) is 38.1 Å². The number of halogens is 4. The molecule has 0 spiro atoms. The van der Waals surface area contributed by atoms with Gasteiger partial charge in [-0.1, -0.05) is 74.7 Å². The Labute approximate surface area is 521 Å². The van der Waals surface area contributed by atoms with E-state index in [2.05, 4.69) is 10.6 Å². The van der Waals surface area contributed by atoms with Crippen molar-refractivity contribution in [2.24, 2.45) is 23.5 Å². The Balaban J connectivity index is 1.20. The monoisotopic (exact) mass is 1270 g/mol. The number of urea groups is 1. The van der Waals surface area contributed by atoms with E-state index in [-0.39, 0.29) is 68.0 Å². The van der Waals surface area contributed by atoms with Crippen molar-refractivity contribution >= 4 is 76.4 Å². The van der Waals surface area contributed by atoms with Crippen LogP contribution in [-0.2, 0) is 76.3 Å². The number of aryl methyl sites for hydroxylation is 1. The molecule has 5 N–H and O–H groups in total. The number of hydrogen-bond acceptors (Lipinski definition) is 15. The number of carbonyl (C=O) groups is 10. The molecule has 6 rings (SSSR count). The zero-order valence-corrected chi connectivity index (χ0v) is 52.7. The van der Waals surface area contributed by atoms with E-state index in [9.17, 15) is 53.1 Å². The van der Waals surface area contributed by atoms with Gasteiger partial charge in [-0.15, -0.1) is 0 Å². The van der Waals surface area contributed by atoms with Gasteiger partial charge in [0.2, 0.25) is 11.8 Å². The third-order valence-electron chi connectivity index (χ3n) is 17.2. The molecule has 89 heavy (non-hydrogen) atoms. The van der Waals surface area contributed by atoms with Crippen molar-refractivity contribution in [1.82, 2.24) is 20.4 Å². The fraction of sp³-hybridized carbons (Fsp3) is 0.562. The van der Waals surface area contributed by atoms with Crippen LogP contribution in [-0.4, -0.2) is 156 Å². The molecule has 2 fully saturated rings. The van der Waals surface area contributed by atoms with Crippen LogP contribution in [0.2, 0.25) is 5.02 Å². The summed E-state index contributed by atoms with van der Waals surface area (Å²) in [5.41, 5.74) is 2.19. The van der Waals surface area contributed by atoms with E-state index < -0.39 is 149 Å². The smallest absolute Gasteiger partial charge is 0.417 e. The molecule has 21 nitrogen and oxygen atoms in total. The summed E-state index contributed by atoms with van der Waals surface area (Å²) < 4.78 is 69.3. The molecular weight excluding hydrogens is 1190 g/mol. The van der Waals surface area contributed by atoms with Crippen molar-refractivity contribution in [3.63, 3.8) is 0 Å². The van der Waals surface area contributed by atoms with Gasteiger partial charge in [0.15, 0.2) is 5.78 Å². The van der Waals surface area contributed by atoms with Gasteiger partial charge in [-0.3, -0.25) is 43.3 Å². The molecule has 4 aliphatic rings. The number of imide groups is 1. The van der Waals surface area contributed by atoms with Gasteiger partial charge in [-0.2, -0.15) is 13.2 Å². The summed E-state index contributed by atoms with van der Waals surface area (Å²) in [5.74, 6) is -8.14. The van der Waals surface area contributed by atoms with Gasteiger partial charge in [0.05, 0.1) is 46.8 Å². The van der Waals surface area contributed by atoms with Crippen LogP contribution in [0, 0.1) is 24.7 Å². The van der Waals surface area contributed by atoms with Crippen LogP contribution in [0.1, 0.15) is 138 Å². The lowest BCUT2D eigenvalue weighted by Gasteiger charge is -2.41. The number of likely N-dealkylation sites (N-methyl/N-ethyl adjacent to an activating group) is 1. The van der Waals surface area contributed by atoms with Gasteiger partial charge in [0, 0.05) is 84.0 Å². The van der Waals surface area contributed by atoms with Crippen molar-refractivity contribution in [2.45, 2.75) is 179 Å². The Kier molecular flexibility index (Phi) is 23.9. The number of fused-ring (bicyclic) bond motifs is 5. The highest BCUT2D eigenvalue weighted by Gasteiger charge is 2.64. The zero-order valence-electron chi connectivity index (χ0n) is 52.0. The quantitative estimate of drug-likeness (QED) is 0.0372. The van der Waals surface area contributed by atoms with Gasteiger partial charge in [0.25, 0.3) is 17.7 Å². The van der Waals surface area contributed by atoms with Crippen LogP contribution in [0.4, 0.5) is 23.7 Å². The summed E-state index contributed by atoms with van der Waals surface area (Å²) in [5, 5.41) is 17.4. The lowest BCUT2D eigenvalue weighted by Crippen LogP contribution is -2.53. The van der Waals surface area contributed by atoms with Crippen molar-refractivity contribution in [1.29, 1.82) is 0 Å². The van der Waals surface area contributed by atoms with E-state index in [4.69, 9.17) is 36.3 Å². The molecule has 486 valence electrons. The first-order chi connectivity index (χ1) is 41.7. The number of epoxide rings is 1. The minimum atomic E-state index is -5.19. The number of unbranched alkanes of at least 4 members (excludes halogenated alkanes) is 2. The van der Waals surface area contributed by atoms with Crippen LogP contribution >= 0.6 is 11.6 Å². The number of ketones is 2. The zero-order chi connectivity index (χ0) is 66.0. The number of methoxy groups -OCH3 is 1. The minimum absolute atomic E-state index is 0.0173. The molecule has 25 heteroatoms. The molecule has 2 saturated heterocycles. The summed E-state index contributed by atoms with van der Waals surface area (Å²) in [6, 6.07) is 2.48. The van der Waals surface area contributed by atoms with E-state index >= 15 is 13.2 Å². The van der Waals surface area contributed by atoms with Crippen LogP contribution in [0.15, 0.2) is 66.3 Å². The normalized spacial score (nSPS) is 25.0. The van der Waals surface area contributed by atoms with E-state index in [0.717, 1.165) is 40.1 Å². The molecule has 10 atom stereocenters. The van der Waals surface area contributed by atoms with Crippen molar-refractivity contribution in [2.75, 3.05) is 39.2 Å². The SMILES string of the molecule is CO[C@@H]1/C=C/C=C(\C)Cc2cc(C)c(Cl)c(c2)N(C)C(=O)C[C@H](OC(=O)[C@H](C)N(C)C(=O)c2ccc(CC(=O)[C@H](CCCNC(N)=O)NC(=O)[C@@H](CC(=O)CCCCCN3C(=O)C=CC3=O)C(C)C)cc2C(F)(F)F)[C@]2(C)O[C@H]2[C@H](C)[C@@H]2C[C@@]1(O)CC(=O)O2. The number of carbonyl (C=O) groups excluding carboxylic acids is 10. The van der Waals surface area contributed by atoms with Gasteiger partial charge < -0.3 is 50.2 Å². The van der Waals surface area contributed by atoms with Crippen LogP contribution in [0.25, 0.3) is 0 Å². The number of ether oxygens (including phenoxy) is 4. The standard InChI is InChI=1S/C64H82ClF3N6O15/c1-35(2)44(31-42(75)17-12-11-13-25-74-52(77)22-23-53(74)78)58(81)71-46(18-15-24-70-61(69)84)48(76)30-40-20-21-43(45(28-40)64(66,67)68)59(82)72(8)39(6)60(83)88-51-32-54(79)73(9)47-29-41(27-37(4)56(47)65)26-36(3)16-14-19-50(86-10)63(85)33-49(87-55(80)34-63)38(5)57-62(51,7)89-57/h14,16,19-23,27-29,35,38-39,44,46,49-51,57,85H,11-13,15,17-18,24-26,30-34H2,1-10H3,(H,71,81)(H3,69,70,84)/b19-14+,36-16+/t38-,39+,44+,46+,49+,50-,51+,57+,62+,63-/m1/s1. The molecule has 2 aromatic carbocycles. The van der Waals surface area contributed by atoms with Gasteiger partial charge in [0.1, 0.15) is 41.3 Å². The fourth-order valence-electron chi connectivity index (χ4n) is 11.6. The number of primary amides is 1. The topological polar surface area (TPSA) is 291 Å². The summed E-state index contributed by atoms with van der Waals surface area (Å²) in [6.07, 6.45) is -1.74. The van der Waals surface area contributed by atoms with E-state index in [0.29, 0.717) is 43.0 Å². The van der Waals surface area contributed by atoms with Crippen LogP contribution in [0.3, 0.4) is 0 Å². The summed E-state index contributed by atoms with van der Waals surface area (Å²) in [6.45, 7) is 11.8. The Bertz CT molecular complexity index is 3130. The predicted octanol–water partition coefficient (Wildman–Crippen LogP) is 7.16. The molecule has 4 aliphatic heterocycles. The minimum Gasteiger partial charge on any atom is -0.462 e. The number of Topliss-reactive ketones (excluding diaryl/α,β-unsaturated/α-hetero) is 2. The Morgan fingerprint density at radius 1 is 0.989 bits per heavy atom. The largest absolute Gasteiger partial charge is 0.462 e. The van der Waals surface area contributed by atoms with Crippen molar-refractivity contribution in [3.05, 3.63) is 99.1 Å². The highest BCUT2D eigenvalue weighted by molar-refractivity contribution is 6.34. The van der Waals surface area contributed by atoms with E-state index in [1.54, 1.807) is 52.8 Å². The number of hydrogen-bond donors (Lipinski definition) is 4. The maximum atomic E-state index is 15.1. The molecule has 4 bridgehead atoms. The second kappa shape index (κ2) is 30.0. The summed E-state index contributed by atoms with van der Waals surface area (Å²) in [7, 11) is 3.99. The number of allylic oxidation sites excluding steroid dienone is 3. The van der Waals surface area contributed by atoms with Crippen LogP contribution in [0.5, 0.6) is 0 Å². The molecule has 0 aromatic heterocycles. The maximum Gasteiger partial charge on any atom is 0.417 e. The number of benzene rings is 2. The van der Waals surface area contributed by atoms with Gasteiger partial charge in [-0.05, 0) is 101 Å². The highest BCUT2D eigenvalue weighted by atomic mass is 35.5. The Morgan fingerprint density at radius 3 is 2.31 bits per heavy atom. The first kappa shape index (κ1) is 70.8. The number of aliphatic hydroxyl groups is 1. The molecule has 0 saturated carbocycles. The number of anilines is 1. The number of rotatable bonds is 23. The third kappa shape index (κ3) is 18.0. The third-order valence-corrected chi connectivity index (χ3v) is 17.7. The highest BCUT2D eigenvalue weighted by Crippen LogP contribution is 2.50. The van der Waals surface area contributed by atoms with E-state index in [1.807, 2.05) is 19.1 Å². The lowest BCUT2D eigenvalue weighted by atomic mass is 9.78. The van der Waals surface area contributed by atoms with Crippen LogP contribution < -0.4 is 21.3 Å². The molecular formula is C64H82ClF3N6O15. The second-order valence-corrected chi connectivity index (χ2v) is 24.7. The van der Waals surface area contributed by atoms with Crippen molar-refractivity contribution < 1.29 is 85.2 Å². The molecule has 0 radical (unpaired) electrons.